The van der Waals surface area contributed by atoms with Gasteiger partial charge in [0, 0.05) is 11.9 Å². The first-order chi connectivity index (χ1) is 8.56. The minimum Gasteiger partial charge on any atom is -0.398 e. The lowest BCUT2D eigenvalue weighted by Gasteiger charge is -2.06. The molecule has 3 N–H and O–H groups in total. The summed E-state index contributed by atoms with van der Waals surface area (Å²) in [6.45, 7) is 0. The minimum atomic E-state index is -0.505. The lowest BCUT2D eigenvalue weighted by molar-refractivity contribution is 0.102. The Morgan fingerprint density at radius 1 is 1.39 bits per heavy atom. The summed E-state index contributed by atoms with van der Waals surface area (Å²) in [4.78, 5) is 19.3. The highest BCUT2D eigenvalue weighted by molar-refractivity contribution is 6.28. The molecule has 0 unspecified atom stereocenters. The maximum Gasteiger partial charge on any atom is 0.258 e. The molecule has 0 radical (unpaired) electrons. The van der Waals surface area contributed by atoms with Gasteiger partial charge < -0.3 is 11.1 Å². The summed E-state index contributed by atoms with van der Waals surface area (Å²) in [7, 11) is 0. The van der Waals surface area contributed by atoms with Gasteiger partial charge in [-0.15, -0.1) is 0 Å². The van der Waals surface area contributed by atoms with E-state index >= 15 is 0 Å². The van der Waals surface area contributed by atoms with E-state index in [9.17, 15) is 9.18 Å². The van der Waals surface area contributed by atoms with Gasteiger partial charge in [-0.2, -0.15) is 0 Å². The zero-order valence-electron chi connectivity index (χ0n) is 9.02. The largest absolute Gasteiger partial charge is 0.398 e. The highest BCUT2D eigenvalue weighted by atomic mass is 35.5. The van der Waals surface area contributed by atoms with Crippen LogP contribution in [-0.2, 0) is 0 Å². The van der Waals surface area contributed by atoms with Gasteiger partial charge in [-0.25, -0.2) is 14.4 Å². The molecule has 2 aromatic rings. The normalized spacial score (nSPS) is 10.1. The third kappa shape index (κ3) is 2.72. The minimum absolute atomic E-state index is 0.0138. The Balaban J connectivity index is 2.22. The van der Waals surface area contributed by atoms with Crippen molar-refractivity contribution in [1.29, 1.82) is 0 Å². The van der Waals surface area contributed by atoms with Crippen molar-refractivity contribution in [2.75, 3.05) is 11.1 Å². The molecule has 0 fully saturated rings. The average molecular weight is 267 g/mol. The van der Waals surface area contributed by atoms with Crippen molar-refractivity contribution in [1.82, 2.24) is 9.97 Å². The van der Waals surface area contributed by atoms with Crippen molar-refractivity contribution < 1.29 is 9.18 Å². The SMILES string of the molecule is Nc1cc(F)ccc1C(=O)Nc1ccnc(Cl)n1. The van der Waals surface area contributed by atoms with E-state index in [1.165, 1.54) is 18.3 Å². The Kier molecular flexibility index (Phi) is 3.38. The summed E-state index contributed by atoms with van der Waals surface area (Å²) >= 11 is 5.58. The van der Waals surface area contributed by atoms with Crippen LogP contribution in [0.2, 0.25) is 5.28 Å². The molecule has 1 amide bonds. The smallest absolute Gasteiger partial charge is 0.258 e. The molecule has 1 aromatic heterocycles. The lowest BCUT2D eigenvalue weighted by Crippen LogP contribution is -2.15. The molecule has 18 heavy (non-hydrogen) atoms. The fourth-order valence-electron chi connectivity index (χ4n) is 1.33. The van der Waals surface area contributed by atoms with E-state index in [2.05, 4.69) is 15.3 Å². The number of hydrogen-bond acceptors (Lipinski definition) is 4. The number of nitrogens with one attached hydrogen (secondary N) is 1. The van der Waals surface area contributed by atoms with Crippen LogP contribution in [-0.4, -0.2) is 15.9 Å². The van der Waals surface area contributed by atoms with Crippen LogP contribution in [0.1, 0.15) is 10.4 Å². The number of nitrogens with zero attached hydrogens (tertiary/aromatic N) is 2. The van der Waals surface area contributed by atoms with Crippen molar-refractivity contribution in [3.05, 3.63) is 47.1 Å². The number of halogens is 2. The quantitative estimate of drug-likeness (QED) is 0.644. The van der Waals surface area contributed by atoms with E-state index in [-0.39, 0.29) is 22.4 Å². The van der Waals surface area contributed by atoms with Gasteiger partial charge >= 0.3 is 0 Å². The zero-order chi connectivity index (χ0) is 13.1. The van der Waals surface area contributed by atoms with Crippen molar-refractivity contribution in [2.24, 2.45) is 0 Å². The van der Waals surface area contributed by atoms with Gasteiger partial charge in [-0.3, -0.25) is 4.79 Å². The molecule has 0 aliphatic carbocycles. The van der Waals surface area contributed by atoms with Crippen LogP contribution in [0.3, 0.4) is 0 Å². The predicted octanol–water partition coefficient (Wildman–Crippen LogP) is 2.10. The van der Waals surface area contributed by atoms with Gasteiger partial charge in [0.15, 0.2) is 0 Å². The van der Waals surface area contributed by atoms with E-state index in [4.69, 9.17) is 17.3 Å². The topological polar surface area (TPSA) is 80.9 Å². The molecule has 0 saturated heterocycles. The van der Waals surface area contributed by atoms with E-state index < -0.39 is 11.7 Å². The molecule has 0 atom stereocenters. The Hall–Kier alpha value is -2.21. The monoisotopic (exact) mass is 266 g/mol. The van der Waals surface area contributed by atoms with E-state index in [0.29, 0.717) is 0 Å². The van der Waals surface area contributed by atoms with Gasteiger partial charge in [-0.1, -0.05) is 0 Å². The highest BCUT2D eigenvalue weighted by Gasteiger charge is 2.11. The highest BCUT2D eigenvalue weighted by Crippen LogP contribution is 2.15. The summed E-state index contributed by atoms with van der Waals surface area (Å²) < 4.78 is 12.8. The van der Waals surface area contributed by atoms with E-state index in [1.807, 2.05) is 0 Å². The zero-order valence-corrected chi connectivity index (χ0v) is 9.78. The van der Waals surface area contributed by atoms with E-state index in [0.717, 1.165) is 12.1 Å². The molecule has 2 rings (SSSR count). The molecule has 7 heteroatoms. The number of amides is 1. The van der Waals surface area contributed by atoms with Crippen molar-refractivity contribution >= 4 is 29.0 Å². The third-order valence-electron chi connectivity index (χ3n) is 2.13. The summed E-state index contributed by atoms with van der Waals surface area (Å²) in [5, 5.41) is 2.50. The van der Waals surface area contributed by atoms with Gasteiger partial charge in [-0.05, 0) is 35.9 Å². The fourth-order valence-corrected chi connectivity index (χ4v) is 1.48. The molecule has 1 aromatic carbocycles. The van der Waals surface area contributed by atoms with Crippen molar-refractivity contribution in [2.45, 2.75) is 0 Å². The second-order valence-electron chi connectivity index (χ2n) is 3.40. The number of benzene rings is 1. The number of aromatic nitrogens is 2. The number of nitrogens with two attached hydrogens (primary N) is 1. The Bertz CT molecular complexity index is 605. The molecule has 0 aliphatic rings. The van der Waals surface area contributed by atoms with E-state index in [1.54, 1.807) is 0 Å². The maximum atomic E-state index is 12.8. The van der Waals surface area contributed by atoms with Crippen molar-refractivity contribution in [3.8, 4) is 0 Å². The summed E-state index contributed by atoms with van der Waals surface area (Å²) in [6.07, 6.45) is 1.40. The van der Waals surface area contributed by atoms with Gasteiger partial charge in [0.1, 0.15) is 11.6 Å². The Labute approximate surface area is 107 Å². The first-order valence-corrected chi connectivity index (χ1v) is 5.29. The first-order valence-electron chi connectivity index (χ1n) is 4.91. The molecule has 92 valence electrons. The molecular formula is C11H8ClFN4O. The number of carbonyl (C=O) groups is 1. The number of hydrogen-bond donors (Lipinski definition) is 2. The third-order valence-corrected chi connectivity index (χ3v) is 2.31. The lowest BCUT2D eigenvalue weighted by atomic mass is 10.1. The van der Waals surface area contributed by atoms with Crippen LogP contribution in [0, 0.1) is 5.82 Å². The Morgan fingerprint density at radius 2 is 2.17 bits per heavy atom. The second-order valence-corrected chi connectivity index (χ2v) is 3.73. The molecular weight excluding hydrogens is 259 g/mol. The summed E-state index contributed by atoms with van der Waals surface area (Å²) in [5.41, 5.74) is 5.75. The number of nitrogen functional groups attached to an aromatic ring is 1. The van der Waals surface area contributed by atoms with Crippen LogP contribution in [0.4, 0.5) is 15.9 Å². The molecule has 0 saturated carbocycles. The standard InChI is InChI=1S/C11H8ClFN4O/c12-11-15-4-3-9(17-11)16-10(18)7-2-1-6(13)5-8(7)14/h1-5H,14H2,(H,15,16,17,18). The maximum absolute atomic E-state index is 12.8. The molecule has 0 aliphatic heterocycles. The van der Waals surface area contributed by atoms with Gasteiger partial charge in [0.05, 0.1) is 5.56 Å². The van der Waals surface area contributed by atoms with Crippen LogP contribution < -0.4 is 11.1 Å². The molecule has 1 heterocycles. The summed E-state index contributed by atoms with van der Waals surface area (Å²) in [6, 6.07) is 4.99. The van der Waals surface area contributed by atoms with Gasteiger partial charge in [0.2, 0.25) is 5.28 Å². The Morgan fingerprint density at radius 3 is 2.83 bits per heavy atom. The van der Waals surface area contributed by atoms with Crippen LogP contribution in [0.5, 0.6) is 0 Å². The van der Waals surface area contributed by atoms with Crippen molar-refractivity contribution in [3.63, 3.8) is 0 Å². The predicted molar refractivity (Wildman–Crippen MR) is 65.8 cm³/mol. The summed E-state index contributed by atoms with van der Waals surface area (Å²) in [5.74, 6) is -0.764. The fraction of sp³-hybridized carbons (Fsp3) is 0. The average Bonchev–Trinajstić information content (AvgIpc) is 2.28. The number of rotatable bonds is 2. The first kappa shape index (κ1) is 12.3. The van der Waals surface area contributed by atoms with Gasteiger partial charge in [0.25, 0.3) is 5.91 Å². The number of carbonyl (C=O) groups excluding carboxylic acids is 1. The molecule has 5 nitrogen and oxygen atoms in total. The van der Waals surface area contributed by atoms with Crippen LogP contribution in [0.15, 0.2) is 30.5 Å². The van der Waals surface area contributed by atoms with Crippen LogP contribution >= 0.6 is 11.6 Å². The van der Waals surface area contributed by atoms with Crippen LogP contribution in [0.25, 0.3) is 0 Å². The molecule has 0 spiro atoms. The molecule has 0 bridgehead atoms. The number of anilines is 2. The second kappa shape index (κ2) is 4.97.